The molecule has 72 valence electrons. The molecule has 2 unspecified atom stereocenters. The molecule has 2 aliphatic rings. The Hall–Kier alpha value is -1.11. The fraction of sp³-hybridized carbons (Fsp3) is 0.462. The summed E-state index contributed by atoms with van der Waals surface area (Å²) in [6.07, 6.45) is 5.93. The van der Waals surface area contributed by atoms with Crippen LogP contribution in [0.25, 0.3) is 0 Å². The van der Waals surface area contributed by atoms with E-state index in [2.05, 4.69) is 18.2 Å². The summed E-state index contributed by atoms with van der Waals surface area (Å²) < 4.78 is 0. The number of carbonyl (C=O) groups excluding carboxylic acids is 1. The molecule has 0 saturated heterocycles. The average Bonchev–Trinajstić information content (AvgIpc) is 2.65. The Morgan fingerprint density at radius 3 is 3.00 bits per heavy atom. The van der Waals surface area contributed by atoms with Crippen molar-refractivity contribution in [2.45, 2.75) is 37.5 Å². The quantitative estimate of drug-likeness (QED) is 0.616. The van der Waals surface area contributed by atoms with Crippen LogP contribution in [0.15, 0.2) is 18.2 Å². The zero-order chi connectivity index (χ0) is 9.54. The summed E-state index contributed by atoms with van der Waals surface area (Å²) >= 11 is 0. The number of carbonyl (C=O) groups is 1. The molecule has 14 heavy (non-hydrogen) atoms. The summed E-state index contributed by atoms with van der Waals surface area (Å²) in [7, 11) is 0. The first-order valence-electron chi connectivity index (χ1n) is 5.47. The first-order chi connectivity index (χ1) is 6.90. The normalized spacial score (nSPS) is 28.6. The van der Waals surface area contributed by atoms with Gasteiger partial charge in [0.2, 0.25) is 0 Å². The topological polar surface area (TPSA) is 17.1 Å². The van der Waals surface area contributed by atoms with Gasteiger partial charge in [0.15, 0.2) is 0 Å². The van der Waals surface area contributed by atoms with E-state index in [9.17, 15) is 4.79 Å². The zero-order valence-electron chi connectivity index (χ0n) is 8.20. The number of aldehydes is 1. The molecule has 0 saturated carbocycles. The van der Waals surface area contributed by atoms with Crippen LogP contribution in [0, 0.1) is 0 Å². The number of benzene rings is 1. The van der Waals surface area contributed by atoms with Gasteiger partial charge in [-0.25, -0.2) is 0 Å². The molecule has 0 radical (unpaired) electrons. The van der Waals surface area contributed by atoms with Crippen LogP contribution in [0.4, 0.5) is 0 Å². The molecule has 3 rings (SSSR count). The lowest BCUT2D eigenvalue weighted by Gasteiger charge is -2.25. The molecule has 1 aromatic carbocycles. The van der Waals surface area contributed by atoms with Gasteiger partial charge in [-0.05, 0) is 48.3 Å². The largest absolute Gasteiger partial charge is 0.303 e. The van der Waals surface area contributed by atoms with Crippen molar-refractivity contribution in [3.05, 3.63) is 34.9 Å². The molecule has 0 bridgehead atoms. The highest BCUT2D eigenvalue weighted by atomic mass is 16.1. The predicted molar refractivity (Wildman–Crippen MR) is 55.5 cm³/mol. The predicted octanol–water partition coefficient (Wildman–Crippen LogP) is 2.79. The Bertz CT molecular complexity index is 381. The highest BCUT2D eigenvalue weighted by Crippen LogP contribution is 2.45. The molecule has 0 amide bonds. The van der Waals surface area contributed by atoms with Crippen molar-refractivity contribution in [2.24, 2.45) is 0 Å². The summed E-state index contributed by atoms with van der Waals surface area (Å²) in [5, 5.41) is 0. The molecule has 1 heteroatoms. The fourth-order valence-electron chi connectivity index (χ4n) is 3.11. The van der Waals surface area contributed by atoms with E-state index in [0.717, 1.165) is 18.6 Å². The smallest absolute Gasteiger partial charge is 0.127 e. The second-order valence-corrected chi connectivity index (χ2v) is 4.48. The van der Waals surface area contributed by atoms with Gasteiger partial charge in [0.05, 0.1) is 0 Å². The van der Waals surface area contributed by atoms with Crippen LogP contribution in [-0.4, -0.2) is 6.29 Å². The molecule has 0 heterocycles. The standard InChI is InChI=1S/C13H14O/c14-8-11-7-6-10-5-4-9-2-1-3-12(11)13(9)10/h1-3,8,10-11H,4-7H2. The minimum Gasteiger partial charge on any atom is -0.303 e. The molecule has 0 spiro atoms. The molecule has 2 aliphatic carbocycles. The van der Waals surface area contributed by atoms with Crippen LogP contribution < -0.4 is 0 Å². The van der Waals surface area contributed by atoms with Gasteiger partial charge in [0.1, 0.15) is 6.29 Å². The van der Waals surface area contributed by atoms with E-state index in [4.69, 9.17) is 0 Å². The molecule has 0 aromatic heterocycles. The lowest BCUT2D eigenvalue weighted by Crippen LogP contribution is -2.13. The van der Waals surface area contributed by atoms with Crippen LogP contribution in [0.2, 0.25) is 0 Å². The number of rotatable bonds is 1. The van der Waals surface area contributed by atoms with Crippen molar-refractivity contribution in [2.75, 3.05) is 0 Å². The Labute approximate surface area is 84.1 Å². The van der Waals surface area contributed by atoms with Gasteiger partial charge in [-0.2, -0.15) is 0 Å². The summed E-state index contributed by atoms with van der Waals surface area (Å²) in [5.74, 6) is 0.941. The minimum absolute atomic E-state index is 0.180. The van der Waals surface area contributed by atoms with Gasteiger partial charge in [-0.3, -0.25) is 0 Å². The van der Waals surface area contributed by atoms with E-state index in [1.165, 1.54) is 36.0 Å². The van der Waals surface area contributed by atoms with Gasteiger partial charge < -0.3 is 4.79 Å². The van der Waals surface area contributed by atoms with E-state index in [-0.39, 0.29) is 5.92 Å². The Morgan fingerprint density at radius 2 is 2.14 bits per heavy atom. The van der Waals surface area contributed by atoms with Gasteiger partial charge in [0, 0.05) is 5.92 Å². The molecule has 0 aliphatic heterocycles. The second-order valence-electron chi connectivity index (χ2n) is 4.48. The van der Waals surface area contributed by atoms with Gasteiger partial charge in [-0.1, -0.05) is 18.2 Å². The number of hydrogen-bond donors (Lipinski definition) is 0. The summed E-state index contributed by atoms with van der Waals surface area (Å²) in [5.41, 5.74) is 4.35. The van der Waals surface area contributed by atoms with Crippen molar-refractivity contribution < 1.29 is 4.79 Å². The molecule has 1 nitrogen and oxygen atoms in total. The highest BCUT2D eigenvalue weighted by Gasteiger charge is 2.32. The van der Waals surface area contributed by atoms with Crippen LogP contribution in [0.1, 0.15) is 47.8 Å². The molecule has 2 atom stereocenters. The van der Waals surface area contributed by atoms with Crippen LogP contribution in [-0.2, 0) is 11.2 Å². The van der Waals surface area contributed by atoms with E-state index < -0.39 is 0 Å². The lowest BCUT2D eigenvalue weighted by molar-refractivity contribution is -0.109. The van der Waals surface area contributed by atoms with Crippen molar-refractivity contribution >= 4 is 6.29 Å². The highest BCUT2D eigenvalue weighted by molar-refractivity contribution is 5.65. The lowest BCUT2D eigenvalue weighted by atomic mass is 9.78. The monoisotopic (exact) mass is 186 g/mol. The maximum Gasteiger partial charge on any atom is 0.127 e. The Kier molecular flexibility index (Phi) is 1.73. The van der Waals surface area contributed by atoms with Crippen LogP contribution in [0.3, 0.4) is 0 Å². The molecule has 1 aromatic rings. The van der Waals surface area contributed by atoms with Crippen molar-refractivity contribution in [1.82, 2.24) is 0 Å². The average molecular weight is 186 g/mol. The van der Waals surface area contributed by atoms with Gasteiger partial charge >= 0.3 is 0 Å². The fourth-order valence-corrected chi connectivity index (χ4v) is 3.11. The van der Waals surface area contributed by atoms with Crippen LogP contribution >= 0.6 is 0 Å². The summed E-state index contributed by atoms with van der Waals surface area (Å²) in [4.78, 5) is 11.0. The van der Waals surface area contributed by atoms with Crippen molar-refractivity contribution in [1.29, 1.82) is 0 Å². The summed E-state index contributed by atoms with van der Waals surface area (Å²) in [6.45, 7) is 0. The SMILES string of the molecule is O=CC1CCC2CCc3cccc1c32. The molecule has 0 fully saturated rings. The molecular weight excluding hydrogens is 172 g/mol. The van der Waals surface area contributed by atoms with Crippen molar-refractivity contribution in [3.8, 4) is 0 Å². The van der Waals surface area contributed by atoms with E-state index in [1.807, 2.05) is 0 Å². The third-order valence-corrected chi connectivity index (χ3v) is 3.79. The zero-order valence-corrected chi connectivity index (χ0v) is 8.20. The molecular formula is C13H14O. The van der Waals surface area contributed by atoms with E-state index in [1.54, 1.807) is 0 Å². The second kappa shape index (κ2) is 2.94. The first kappa shape index (κ1) is 8.22. The maximum atomic E-state index is 11.0. The maximum absolute atomic E-state index is 11.0. The van der Waals surface area contributed by atoms with Gasteiger partial charge in [0.25, 0.3) is 0 Å². The number of aryl methyl sites for hydroxylation is 1. The van der Waals surface area contributed by atoms with Gasteiger partial charge in [-0.15, -0.1) is 0 Å². The Balaban J connectivity index is 2.19. The van der Waals surface area contributed by atoms with Crippen molar-refractivity contribution in [3.63, 3.8) is 0 Å². The Morgan fingerprint density at radius 1 is 1.21 bits per heavy atom. The van der Waals surface area contributed by atoms with E-state index >= 15 is 0 Å². The third kappa shape index (κ3) is 0.985. The number of hydrogen-bond acceptors (Lipinski definition) is 1. The summed E-state index contributed by atoms with van der Waals surface area (Å²) in [6, 6.07) is 6.49. The minimum atomic E-state index is 0.180. The first-order valence-corrected chi connectivity index (χ1v) is 5.47. The third-order valence-electron chi connectivity index (χ3n) is 3.79. The van der Waals surface area contributed by atoms with Crippen LogP contribution in [0.5, 0.6) is 0 Å². The molecule has 0 N–H and O–H groups in total. The van der Waals surface area contributed by atoms with E-state index in [0.29, 0.717) is 0 Å².